The molecule has 2 aromatic rings. The fraction of sp³-hybridized carbons (Fsp3) is 0.471. The van der Waals surface area contributed by atoms with E-state index in [-0.39, 0.29) is 5.60 Å². The molecular weight excluding hydrogens is 276 g/mol. The lowest BCUT2D eigenvalue weighted by molar-refractivity contribution is 0.145. The number of ether oxygens (including phenoxy) is 1. The van der Waals surface area contributed by atoms with Gasteiger partial charge < -0.3 is 4.74 Å². The molecule has 3 rings (SSSR count). The van der Waals surface area contributed by atoms with E-state index in [2.05, 4.69) is 55.4 Å². The lowest BCUT2D eigenvalue weighted by Crippen LogP contribution is -2.31. The standard InChI is InChI=1S/C17H22N4O/c1-5-6-9-21-16(18-19-20-21)13-7-8-15-14(11-13)10-12(2)17(3,4)22-15/h7-8,10-11H,5-6,9H2,1-4H3. The number of rotatable bonds is 4. The van der Waals surface area contributed by atoms with Gasteiger partial charge in [0, 0.05) is 17.7 Å². The van der Waals surface area contributed by atoms with E-state index >= 15 is 0 Å². The molecule has 116 valence electrons. The van der Waals surface area contributed by atoms with Gasteiger partial charge in [0.2, 0.25) is 0 Å². The molecular formula is C17H22N4O. The van der Waals surface area contributed by atoms with Gasteiger partial charge in [-0.15, -0.1) is 5.10 Å². The maximum Gasteiger partial charge on any atom is 0.182 e. The Hall–Kier alpha value is -2.17. The van der Waals surface area contributed by atoms with E-state index in [0.717, 1.165) is 42.1 Å². The Labute approximate surface area is 131 Å². The Bertz CT molecular complexity index is 715. The van der Waals surface area contributed by atoms with Crippen LogP contribution in [0.3, 0.4) is 0 Å². The summed E-state index contributed by atoms with van der Waals surface area (Å²) in [6.07, 6.45) is 4.37. The van der Waals surface area contributed by atoms with Gasteiger partial charge >= 0.3 is 0 Å². The first-order valence-electron chi connectivity index (χ1n) is 7.79. The van der Waals surface area contributed by atoms with Crippen LogP contribution in [0, 0.1) is 0 Å². The SMILES string of the molecule is CCCCn1nnnc1-c1ccc2c(c1)C=C(C)C(C)(C)O2. The highest BCUT2D eigenvalue weighted by molar-refractivity contribution is 5.70. The number of unbranched alkanes of at least 4 members (excludes halogenated alkanes) is 1. The summed E-state index contributed by atoms with van der Waals surface area (Å²) in [5.41, 5.74) is 3.06. The summed E-state index contributed by atoms with van der Waals surface area (Å²) in [6, 6.07) is 6.13. The highest BCUT2D eigenvalue weighted by Gasteiger charge is 2.27. The average Bonchev–Trinajstić information content (AvgIpc) is 2.94. The molecule has 0 saturated heterocycles. The van der Waals surface area contributed by atoms with Crippen LogP contribution in [-0.4, -0.2) is 25.8 Å². The highest BCUT2D eigenvalue weighted by Crippen LogP contribution is 2.37. The molecule has 0 bridgehead atoms. The Balaban J connectivity index is 1.97. The number of fused-ring (bicyclic) bond motifs is 1. The van der Waals surface area contributed by atoms with E-state index in [0.29, 0.717) is 0 Å². The molecule has 5 heteroatoms. The van der Waals surface area contributed by atoms with Gasteiger partial charge in [0.15, 0.2) is 5.82 Å². The van der Waals surface area contributed by atoms with Crippen molar-refractivity contribution in [2.75, 3.05) is 0 Å². The van der Waals surface area contributed by atoms with Crippen LogP contribution in [0.15, 0.2) is 23.8 Å². The van der Waals surface area contributed by atoms with Gasteiger partial charge in [-0.3, -0.25) is 0 Å². The predicted molar refractivity (Wildman–Crippen MR) is 86.5 cm³/mol. The Kier molecular flexibility index (Phi) is 3.72. The van der Waals surface area contributed by atoms with Gasteiger partial charge in [-0.05, 0) is 67.5 Å². The van der Waals surface area contributed by atoms with E-state index in [1.807, 2.05) is 16.8 Å². The van der Waals surface area contributed by atoms with Gasteiger partial charge in [-0.2, -0.15) is 0 Å². The van der Waals surface area contributed by atoms with Gasteiger partial charge in [-0.1, -0.05) is 13.3 Å². The van der Waals surface area contributed by atoms with E-state index in [1.54, 1.807) is 0 Å². The number of hydrogen-bond donors (Lipinski definition) is 0. The fourth-order valence-electron chi connectivity index (χ4n) is 2.53. The van der Waals surface area contributed by atoms with Crippen LogP contribution in [0.5, 0.6) is 5.75 Å². The number of aromatic nitrogens is 4. The molecule has 0 atom stereocenters. The van der Waals surface area contributed by atoms with Crippen molar-refractivity contribution in [1.29, 1.82) is 0 Å². The van der Waals surface area contributed by atoms with E-state index in [1.165, 1.54) is 5.57 Å². The molecule has 0 radical (unpaired) electrons. The molecule has 0 saturated carbocycles. The minimum Gasteiger partial charge on any atom is -0.483 e. The van der Waals surface area contributed by atoms with Crippen LogP contribution in [0.2, 0.25) is 0 Å². The summed E-state index contributed by atoms with van der Waals surface area (Å²) in [5, 5.41) is 12.1. The van der Waals surface area contributed by atoms with Crippen molar-refractivity contribution in [1.82, 2.24) is 20.2 Å². The van der Waals surface area contributed by atoms with Crippen molar-refractivity contribution >= 4 is 6.08 Å². The molecule has 0 unspecified atom stereocenters. The molecule has 1 aromatic carbocycles. The molecule has 1 aliphatic heterocycles. The van der Waals surface area contributed by atoms with Crippen molar-refractivity contribution in [2.24, 2.45) is 0 Å². The zero-order chi connectivity index (χ0) is 15.7. The molecule has 22 heavy (non-hydrogen) atoms. The van der Waals surface area contributed by atoms with Gasteiger partial charge in [0.25, 0.3) is 0 Å². The van der Waals surface area contributed by atoms with Crippen molar-refractivity contribution in [3.63, 3.8) is 0 Å². The molecule has 0 spiro atoms. The van der Waals surface area contributed by atoms with Crippen LogP contribution < -0.4 is 4.74 Å². The normalized spacial score (nSPS) is 15.9. The smallest absolute Gasteiger partial charge is 0.182 e. The molecule has 0 amide bonds. The highest BCUT2D eigenvalue weighted by atomic mass is 16.5. The summed E-state index contributed by atoms with van der Waals surface area (Å²) in [6.45, 7) is 9.27. The van der Waals surface area contributed by atoms with Crippen LogP contribution in [-0.2, 0) is 6.54 Å². The zero-order valence-corrected chi connectivity index (χ0v) is 13.6. The molecule has 0 aliphatic carbocycles. The predicted octanol–water partition coefficient (Wildman–Crippen LogP) is 3.71. The fourth-order valence-corrected chi connectivity index (χ4v) is 2.53. The van der Waals surface area contributed by atoms with Crippen molar-refractivity contribution in [2.45, 2.75) is 52.7 Å². The molecule has 0 N–H and O–H groups in total. The first-order valence-corrected chi connectivity index (χ1v) is 7.79. The minimum atomic E-state index is -0.253. The summed E-state index contributed by atoms with van der Waals surface area (Å²) in [7, 11) is 0. The van der Waals surface area contributed by atoms with Crippen LogP contribution in [0.1, 0.15) is 46.1 Å². The van der Waals surface area contributed by atoms with Crippen molar-refractivity contribution < 1.29 is 4.74 Å². The van der Waals surface area contributed by atoms with E-state index < -0.39 is 0 Å². The third-order valence-electron chi connectivity index (χ3n) is 4.21. The number of tetrazole rings is 1. The first-order chi connectivity index (χ1) is 10.5. The van der Waals surface area contributed by atoms with Crippen LogP contribution in [0.25, 0.3) is 17.5 Å². The topological polar surface area (TPSA) is 52.8 Å². The molecule has 5 nitrogen and oxygen atoms in total. The second-order valence-corrected chi connectivity index (χ2v) is 6.27. The van der Waals surface area contributed by atoms with Crippen LogP contribution in [0.4, 0.5) is 0 Å². The van der Waals surface area contributed by atoms with Crippen molar-refractivity contribution in [3.05, 3.63) is 29.3 Å². The lowest BCUT2D eigenvalue weighted by Gasteiger charge is -2.32. The zero-order valence-electron chi connectivity index (χ0n) is 13.6. The number of aryl methyl sites for hydroxylation is 1. The molecule has 2 heterocycles. The first kappa shape index (κ1) is 14.8. The third-order valence-corrected chi connectivity index (χ3v) is 4.21. The van der Waals surface area contributed by atoms with Gasteiger partial charge in [0.1, 0.15) is 11.4 Å². The van der Waals surface area contributed by atoms with Gasteiger partial charge in [0.05, 0.1) is 0 Å². The molecule has 1 aromatic heterocycles. The maximum atomic E-state index is 6.07. The molecule has 1 aliphatic rings. The summed E-state index contributed by atoms with van der Waals surface area (Å²) in [4.78, 5) is 0. The Morgan fingerprint density at radius 2 is 2.09 bits per heavy atom. The number of benzene rings is 1. The van der Waals surface area contributed by atoms with Crippen molar-refractivity contribution in [3.8, 4) is 17.1 Å². The minimum absolute atomic E-state index is 0.253. The maximum absolute atomic E-state index is 6.07. The third kappa shape index (κ3) is 2.63. The monoisotopic (exact) mass is 298 g/mol. The summed E-state index contributed by atoms with van der Waals surface area (Å²) < 4.78 is 7.94. The largest absolute Gasteiger partial charge is 0.483 e. The van der Waals surface area contributed by atoms with E-state index in [9.17, 15) is 0 Å². The molecule has 0 fully saturated rings. The Morgan fingerprint density at radius 1 is 1.27 bits per heavy atom. The second kappa shape index (κ2) is 5.55. The van der Waals surface area contributed by atoms with E-state index in [4.69, 9.17) is 4.74 Å². The second-order valence-electron chi connectivity index (χ2n) is 6.27. The lowest BCUT2D eigenvalue weighted by atomic mass is 9.93. The quantitative estimate of drug-likeness (QED) is 0.863. The summed E-state index contributed by atoms with van der Waals surface area (Å²) in [5.74, 6) is 1.72. The average molecular weight is 298 g/mol. The van der Waals surface area contributed by atoms with Crippen LogP contribution >= 0.6 is 0 Å². The summed E-state index contributed by atoms with van der Waals surface area (Å²) >= 11 is 0. The number of hydrogen-bond acceptors (Lipinski definition) is 4. The Morgan fingerprint density at radius 3 is 2.86 bits per heavy atom. The number of nitrogens with zero attached hydrogens (tertiary/aromatic N) is 4. The van der Waals surface area contributed by atoms with Gasteiger partial charge in [-0.25, -0.2) is 4.68 Å².